The standard InChI is InChI=1S/C10H12O3/c1-6-4-13-5-9(6)7-2-3-8(7)10(11)12/h4-5,7-8H,2-3H2,1H3,(H,11,12). The number of carboxylic acids is 1. The number of aryl methyl sites for hydroxylation is 1. The molecule has 3 nitrogen and oxygen atoms in total. The lowest BCUT2D eigenvalue weighted by Crippen LogP contribution is -2.30. The molecule has 70 valence electrons. The Hall–Kier alpha value is -1.25. The number of hydrogen-bond acceptors (Lipinski definition) is 2. The first-order chi connectivity index (χ1) is 6.20. The number of furan rings is 1. The fraction of sp³-hybridized carbons (Fsp3) is 0.500. The first-order valence-electron chi connectivity index (χ1n) is 4.45. The fourth-order valence-electron chi connectivity index (χ4n) is 1.92. The fourth-order valence-corrected chi connectivity index (χ4v) is 1.92. The van der Waals surface area contributed by atoms with Crippen molar-refractivity contribution in [3.05, 3.63) is 23.7 Å². The van der Waals surface area contributed by atoms with Crippen molar-refractivity contribution in [2.45, 2.75) is 25.7 Å². The molecule has 2 rings (SSSR count). The third kappa shape index (κ3) is 1.24. The van der Waals surface area contributed by atoms with Gasteiger partial charge in [-0.05, 0) is 30.9 Å². The van der Waals surface area contributed by atoms with Crippen LogP contribution in [-0.4, -0.2) is 11.1 Å². The molecule has 0 amide bonds. The van der Waals surface area contributed by atoms with Crippen molar-refractivity contribution in [2.24, 2.45) is 5.92 Å². The van der Waals surface area contributed by atoms with Crippen molar-refractivity contribution in [1.82, 2.24) is 0 Å². The lowest BCUT2D eigenvalue weighted by molar-refractivity contribution is -0.145. The van der Waals surface area contributed by atoms with Gasteiger partial charge in [-0.25, -0.2) is 0 Å². The molecule has 2 unspecified atom stereocenters. The predicted molar refractivity (Wildman–Crippen MR) is 46.5 cm³/mol. The second kappa shape index (κ2) is 2.91. The van der Waals surface area contributed by atoms with E-state index < -0.39 is 5.97 Å². The van der Waals surface area contributed by atoms with E-state index in [0.29, 0.717) is 0 Å². The van der Waals surface area contributed by atoms with E-state index in [9.17, 15) is 4.79 Å². The highest BCUT2D eigenvalue weighted by molar-refractivity contribution is 5.72. The van der Waals surface area contributed by atoms with Crippen LogP contribution in [0.3, 0.4) is 0 Å². The van der Waals surface area contributed by atoms with Crippen molar-refractivity contribution in [1.29, 1.82) is 0 Å². The summed E-state index contributed by atoms with van der Waals surface area (Å²) in [7, 11) is 0. The topological polar surface area (TPSA) is 50.4 Å². The molecule has 2 atom stereocenters. The Morgan fingerprint density at radius 2 is 2.31 bits per heavy atom. The molecule has 1 aliphatic rings. The summed E-state index contributed by atoms with van der Waals surface area (Å²) in [5.41, 5.74) is 2.13. The monoisotopic (exact) mass is 180 g/mol. The predicted octanol–water partition coefficient (Wildman–Crippen LogP) is 2.17. The number of aliphatic carboxylic acids is 1. The van der Waals surface area contributed by atoms with E-state index in [1.807, 2.05) is 6.92 Å². The van der Waals surface area contributed by atoms with E-state index in [0.717, 1.165) is 24.0 Å². The van der Waals surface area contributed by atoms with Gasteiger partial charge in [0, 0.05) is 5.92 Å². The van der Waals surface area contributed by atoms with Gasteiger partial charge in [-0.3, -0.25) is 4.79 Å². The van der Waals surface area contributed by atoms with E-state index in [1.165, 1.54) is 0 Å². The third-order valence-electron chi connectivity index (χ3n) is 2.89. The average Bonchev–Trinajstić information content (AvgIpc) is 2.33. The zero-order chi connectivity index (χ0) is 9.42. The van der Waals surface area contributed by atoms with Gasteiger partial charge in [0.2, 0.25) is 0 Å². The van der Waals surface area contributed by atoms with E-state index in [2.05, 4.69) is 0 Å². The van der Waals surface area contributed by atoms with Gasteiger partial charge in [0.25, 0.3) is 0 Å². The Kier molecular flexibility index (Phi) is 1.87. The van der Waals surface area contributed by atoms with Crippen LogP contribution >= 0.6 is 0 Å². The Bertz CT molecular complexity index is 327. The highest BCUT2D eigenvalue weighted by Crippen LogP contribution is 2.43. The molecule has 0 spiro atoms. The normalized spacial score (nSPS) is 26.8. The van der Waals surface area contributed by atoms with E-state index in [1.54, 1.807) is 12.5 Å². The first-order valence-corrected chi connectivity index (χ1v) is 4.45. The summed E-state index contributed by atoms with van der Waals surface area (Å²) >= 11 is 0. The molecule has 0 aliphatic heterocycles. The number of carbonyl (C=O) groups is 1. The molecule has 1 fully saturated rings. The largest absolute Gasteiger partial charge is 0.481 e. The second-order valence-corrected chi connectivity index (χ2v) is 3.64. The quantitative estimate of drug-likeness (QED) is 0.758. The van der Waals surface area contributed by atoms with Gasteiger partial charge >= 0.3 is 5.97 Å². The minimum absolute atomic E-state index is 0.177. The summed E-state index contributed by atoms with van der Waals surface area (Å²) in [6.45, 7) is 1.95. The van der Waals surface area contributed by atoms with Crippen molar-refractivity contribution < 1.29 is 14.3 Å². The molecule has 1 saturated carbocycles. The third-order valence-corrected chi connectivity index (χ3v) is 2.89. The van der Waals surface area contributed by atoms with E-state index >= 15 is 0 Å². The van der Waals surface area contributed by atoms with Gasteiger partial charge in [-0.1, -0.05) is 0 Å². The lowest BCUT2D eigenvalue weighted by Gasteiger charge is -2.33. The van der Waals surface area contributed by atoms with Crippen molar-refractivity contribution in [3.63, 3.8) is 0 Å². The maximum Gasteiger partial charge on any atom is 0.307 e. The van der Waals surface area contributed by atoms with Gasteiger partial charge in [0.05, 0.1) is 18.4 Å². The van der Waals surface area contributed by atoms with E-state index in [4.69, 9.17) is 9.52 Å². The maximum absolute atomic E-state index is 10.8. The Balaban J connectivity index is 2.19. The summed E-state index contributed by atoms with van der Waals surface area (Å²) in [6, 6.07) is 0. The molecular formula is C10H12O3. The Morgan fingerprint density at radius 1 is 1.54 bits per heavy atom. The highest BCUT2D eigenvalue weighted by Gasteiger charge is 2.38. The molecule has 0 bridgehead atoms. The molecule has 1 aliphatic carbocycles. The molecular weight excluding hydrogens is 168 g/mol. The zero-order valence-electron chi connectivity index (χ0n) is 7.49. The van der Waals surface area contributed by atoms with E-state index in [-0.39, 0.29) is 11.8 Å². The van der Waals surface area contributed by atoms with Crippen LogP contribution in [0.2, 0.25) is 0 Å². The summed E-state index contributed by atoms with van der Waals surface area (Å²) in [5.74, 6) is -0.704. The number of carboxylic acid groups (broad SMARTS) is 1. The van der Waals surface area contributed by atoms with Gasteiger partial charge < -0.3 is 9.52 Å². The average molecular weight is 180 g/mol. The van der Waals surface area contributed by atoms with Crippen LogP contribution < -0.4 is 0 Å². The van der Waals surface area contributed by atoms with Crippen LogP contribution in [0.25, 0.3) is 0 Å². The summed E-state index contributed by atoms with van der Waals surface area (Å²) in [4.78, 5) is 10.8. The molecule has 0 saturated heterocycles. The van der Waals surface area contributed by atoms with Crippen LogP contribution in [-0.2, 0) is 4.79 Å². The van der Waals surface area contributed by atoms with Gasteiger partial charge in [0.1, 0.15) is 0 Å². The smallest absolute Gasteiger partial charge is 0.307 e. The first kappa shape index (κ1) is 8.35. The highest BCUT2D eigenvalue weighted by atomic mass is 16.4. The molecule has 1 aromatic heterocycles. The molecule has 1 heterocycles. The Morgan fingerprint density at radius 3 is 2.69 bits per heavy atom. The molecule has 1 aromatic rings. The van der Waals surface area contributed by atoms with Gasteiger partial charge in [0.15, 0.2) is 0 Å². The van der Waals surface area contributed by atoms with Gasteiger partial charge in [-0.2, -0.15) is 0 Å². The molecule has 13 heavy (non-hydrogen) atoms. The van der Waals surface area contributed by atoms with Crippen molar-refractivity contribution in [3.8, 4) is 0 Å². The number of hydrogen-bond donors (Lipinski definition) is 1. The molecule has 0 aromatic carbocycles. The minimum atomic E-state index is -0.683. The minimum Gasteiger partial charge on any atom is -0.481 e. The SMILES string of the molecule is Cc1cocc1C1CCC1C(=O)O. The van der Waals surface area contributed by atoms with Crippen LogP contribution in [0.4, 0.5) is 0 Å². The molecule has 3 heteroatoms. The van der Waals surface area contributed by atoms with Crippen LogP contribution in [0.5, 0.6) is 0 Å². The summed E-state index contributed by atoms with van der Waals surface area (Å²) in [5, 5.41) is 8.86. The Labute approximate surface area is 76.4 Å². The van der Waals surface area contributed by atoms with Gasteiger partial charge in [-0.15, -0.1) is 0 Å². The van der Waals surface area contributed by atoms with Crippen LogP contribution in [0.15, 0.2) is 16.9 Å². The summed E-state index contributed by atoms with van der Waals surface area (Å²) < 4.78 is 5.04. The van der Waals surface area contributed by atoms with Crippen LogP contribution in [0.1, 0.15) is 29.9 Å². The lowest BCUT2D eigenvalue weighted by atomic mass is 9.70. The molecule has 1 N–H and O–H groups in total. The zero-order valence-corrected chi connectivity index (χ0v) is 7.49. The maximum atomic E-state index is 10.8. The summed E-state index contributed by atoms with van der Waals surface area (Å²) in [6.07, 6.45) is 5.11. The second-order valence-electron chi connectivity index (χ2n) is 3.64. The number of rotatable bonds is 2. The van der Waals surface area contributed by atoms with Crippen molar-refractivity contribution in [2.75, 3.05) is 0 Å². The van der Waals surface area contributed by atoms with Crippen LogP contribution in [0, 0.1) is 12.8 Å². The van der Waals surface area contributed by atoms with Crippen molar-refractivity contribution >= 4 is 5.97 Å². The molecule has 0 radical (unpaired) electrons.